The molecule has 41 heavy (non-hydrogen) atoms. The van der Waals surface area contributed by atoms with Gasteiger partial charge in [-0.3, -0.25) is 9.55 Å². The molecular weight excluding hydrogens is 502 g/mol. The molecule has 0 amide bonds. The second kappa shape index (κ2) is 10.6. The first-order valence-electron chi connectivity index (χ1n) is 13.7. The van der Waals surface area contributed by atoms with Crippen molar-refractivity contribution < 1.29 is 5.11 Å². The van der Waals surface area contributed by atoms with Gasteiger partial charge in [0.15, 0.2) is 0 Å². The van der Waals surface area contributed by atoms with Crippen LogP contribution < -0.4 is 0 Å². The highest BCUT2D eigenvalue weighted by molar-refractivity contribution is 5.98. The van der Waals surface area contributed by atoms with Crippen LogP contribution in [-0.2, 0) is 6.42 Å². The highest BCUT2D eigenvalue weighted by Crippen LogP contribution is 2.39. The Hall–Kier alpha value is -5.48. The van der Waals surface area contributed by atoms with Crippen molar-refractivity contribution in [2.75, 3.05) is 0 Å². The van der Waals surface area contributed by atoms with Crippen molar-refractivity contribution in [2.24, 2.45) is 0 Å². The zero-order valence-electron chi connectivity index (χ0n) is 22.4. The number of aromatic hydroxyl groups is 1. The molecule has 4 heteroatoms. The molecule has 4 nitrogen and oxygen atoms in total. The first-order chi connectivity index (χ1) is 20.3. The maximum absolute atomic E-state index is 11.0. The molecule has 0 fully saturated rings. The molecule has 0 aliphatic rings. The third-order valence-corrected chi connectivity index (χ3v) is 7.42. The minimum Gasteiger partial charge on any atom is -0.507 e. The Morgan fingerprint density at radius 1 is 0.610 bits per heavy atom. The highest BCUT2D eigenvalue weighted by atomic mass is 16.3. The number of benzene rings is 5. The van der Waals surface area contributed by atoms with Gasteiger partial charge in [-0.15, -0.1) is 0 Å². The van der Waals surface area contributed by atoms with Crippen LogP contribution in [0.25, 0.3) is 50.5 Å². The van der Waals surface area contributed by atoms with E-state index in [0.717, 1.165) is 51.1 Å². The lowest BCUT2D eigenvalue weighted by Gasteiger charge is -2.14. The number of phenols is 1. The van der Waals surface area contributed by atoms with Gasteiger partial charge in [0.2, 0.25) is 0 Å². The van der Waals surface area contributed by atoms with E-state index in [4.69, 9.17) is 4.98 Å². The summed E-state index contributed by atoms with van der Waals surface area (Å²) in [4.78, 5) is 9.86. The molecule has 0 unspecified atom stereocenters. The van der Waals surface area contributed by atoms with Crippen LogP contribution in [0.5, 0.6) is 5.75 Å². The predicted molar refractivity (Wildman–Crippen MR) is 166 cm³/mol. The van der Waals surface area contributed by atoms with Gasteiger partial charge in [0, 0.05) is 23.0 Å². The number of rotatable bonds is 6. The van der Waals surface area contributed by atoms with Gasteiger partial charge in [-0.2, -0.15) is 0 Å². The van der Waals surface area contributed by atoms with E-state index in [-0.39, 0.29) is 5.75 Å². The Kier molecular flexibility index (Phi) is 6.34. The molecule has 5 aromatic carbocycles. The van der Waals surface area contributed by atoms with Crippen LogP contribution in [0.3, 0.4) is 0 Å². The molecule has 0 bridgehead atoms. The maximum atomic E-state index is 11.0. The summed E-state index contributed by atoms with van der Waals surface area (Å²) in [6, 6.07) is 47.0. The van der Waals surface area contributed by atoms with Crippen LogP contribution in [-0.4, -0.2) is 19.6 Å². The summed E-state index contributed by atoms with van der Waals surface area (Å²) < 4.78 is 2.19. The monoisotopic (exact) mass is 529 g/mol. The average molecular weight is 530 g/mol. The summed E-state index contributed by atoms with van der Waals surface area (Å²) in [7, 11) is 0. The predicted octanol–water partition coefficient (Wildman–Crippen LogP) is 8.72. The van der Waals surface area contributed by atoms with Crippen molar-refractivity contribution in [3.63, 3.8) is 0 Å². The normalized spacial score (nSPS) is 11.1. The lowest BCUT2D eigenvalue weighted by molar-refractivity contribution is 0.477. The molecule has 0 saturated heterocycles. The minimum atomic E-state index is 0.197. The maximum Gasteiger partial charge on any atom is 0.149 e. The van der Waals surface area contributed by atoms with E-state index in [1.54, 1.807) is 6.07 Å². The van der Waals surface area contributed by atoms with Gasteiger partial charge in [0.1, 0.15) is 11.6 Å². The molecule has 2 heterocycles. The molecule has 0 radical (unpaired) electrons. The number of fused-ring (bicyclic) bond motifs is 1. The summed E-state index contributed by atoms with van der Waals surface area (Å²) in [5.41, 5.74) is 10.0. The molecule has 2 aromatic heterocycles. The van der Waals surface area contributed by atoms with Crippen molar-refractivity contribution in [3.8, 4) is 45.2 Å². The molecular formula is C37H27N3O. The largest absolute Gasteiger partial charge is 0.507 e. The van der Waals surface area contributed by atoms with E-state index < -0.39 is 0 Å². The van der Waals surface area contributed by atoms with Crippen LogP contribution in [0.15, 0.2) is 146 Å². The Labute approximate surface area is 238 Å². The van der Waals surface area contributed by atoms with E-state index in [1.165, 1.54) is 5.56 Å². The number of phenolic OH excluding ortho intramolecular Hbond substituents is 1. The molecule has 0 aliphatic carbocycles. The molecule has 0 spiro atoms. The number of imidazole rings is 1. The molecule has 7 aromatic rings. The van der Waals surface area contributed by atoms with Crippen LogP contribution >= 0.6 is 0 Å². The van der Waals surface area contributed by atoms with Crippen LogP contribution in [0.2, 0.25) is 0 Å². The fourth-order valence-electron chi connectivity index (χ4n) is 5.49. The van der Waals surface area contributed by atoms with Gasteiger partial charge in [-0.05, 0) is 65.6 Å². The van der Waals surface area contributed by atoms with Crippen LogP contribution in [0, 0.1) is 0 Å². The molecule has 1 N–H and O–H groups in total. The van der Waals surface area contributed by atoms with E-state index in [0.29, 0.717) is 11.4 Å². The van der Waals surface area contributed by atoms with Gasteiger partial charge in [0.05, 0.1) is 22.3 Å². The average Bonchev–Trinajstić information content (AvgIpc) is 3.44. The van der Waals surface area contributed by atoms with Crippen molar-refractivity contribution in [1.29, 1.82) is 0 Å². The number of hydrogen-bond donors (Lipinski definition) is 1. The Balaban J connectivity index is 1.53. The summed E-state index contributed by atoms with van der Waals surface area (Å²) in [6.45, 7) is 0. The van der Waals surface area contributed by atoms with Gasteiger partial charge in [0.25, 0.3) is 0 Å². The SMILES string of the molecule is Oc1ccccc1-c1nc2c(-c3cccc(-c4ccccn4)c3)ccc(Cc3ccccc3)c2n1-c1ccccc1. The van der Waals surface area contributed by atoms with E-state index in [2.05, 4.69) is 82.3 Å². The van der Waals surface area contributed by atoms with Gasteiger partial charge in [-0.1, -0.05) is 97.1 Å². The first-order valence-corrected chi connectivity index (χ1v) is 13.7. The third-order valence-electron chi connectivity index (χ3n) is 7.42. The molecule has 0 saturated carbocycles. The third kappa shape index (κ3) is 4.66. The van der Waals surface area contributed by atoms with Crippen molar-refractivity contribution in [3.05, 3.63) is 157 Å². The fraction of sp³-hybridized carbons (Fsp3) is 0.0270. The van der Waals surface area contributed by atoms with Crippen LogP contribution in [0.4, 0.5) is 0 Å². The Morgan fingerprint density at radius 3 is 2.12 bits per heavy atom. The Morgan fingerprint density at radius 2 is 1.34 bits per heavy atom. The highest BCUT2D eigenvalue weighted by Gasteiger charge is 2.22. The van der Waals surface area contributed by atoms with E-state index in [1.807, 2.05) is 66.9 Å². The van der Waals surface area contributed by atoms with Crippen molar-refractivity contribution in [2.45, 2.75) is 6.42 Å². The van der Waals surface area contributed by atoms with Crippen LogP contribution in [0.1, 0.15) is 11.1 Å². The number of hydrogen-bond acceptors (Lipinski definition) is 3. The fourth-order valence-corrected chi connectivity index (χ4v) is 5.49. The molecule has 7 rings (SSSR count). The van der Waals surface area contributed by atoms with Crippen molar-refractivity contribution in [1.82, 2.24) is 14.5 Å². The minimum absolute atomic E-state index is 0.197. The molecule has 0 atom stereocenters. The van der Waals surface area contributed by atoms with Gasteiger partial charge >= 0.3 is 0 Å². The second-order valence-electron chi connectivity index (χ2n) is 10.1. The smallest absolute Gasteiger partial charge is 0.149 e. The number of para-hydroxylation sites is 2. The van der Waals surface area contributed by atoms with E-state index in [9.17, 15) is 5.11 Å². The zero-order chi connectivity index (χ0) is 27.6. The summed E-state index contributed by atoms with van der Waals surface area (Å²) in [5, 5.41) is 11.0. The zero-order valence-corrected chi connectivity index (χ0v) is 22.4. The Bertz CT molecular complexity index is 1960. The number of pyridine rings is 1. The second-order valence-corrected chi connectivity index (χ2v) is 10.1. The standard InChI is InChI=1S/C37H27N3O/c41-34-20-8-7-18-32(34)37-39-35-31(27-14-11-15-28(25-27)33-19-9-10-23-38-33)22-21-29(24-26-12-3-1-4-13-26)36(35)40(37)30-16-5-2-6-17-30/h1-23,25,41H,24H2. The topological polar surface area (TPSA) is 50.9 Å². The van der Waals surface area contributed by atoms with Gasteiger partial charge < -0.3 is 5.11 Å². The lowest BCUT2D eigenvalue weighted by atomic mass is 9.96. The first kappa shape index (κ1) is 24.6. The summed E-state index contributed by atoms with van der Waals surface area (Å²) in [5.74, 6) is 0.898. The number of nitrogens with zero attached hydrogens (tertiary/aromatic N) is 3. The lowest BCUT2D eigenvalue weighted by Crippen LogP contribution is -2.01. The summed E-state index contributed by atoms with van der Waals surface area (Å²) in [6.07, 6.45) is 2.57. The number of aromatic nitrogens is 3. The van der Waals surface area contributed by atoms with Crippen molar-refractivity contribution >= 4 is 11.0 Å². The molecule has 0 aliphatic heterocycles. The summed E-state index contributed by atoms with van der Waals surface area (Å²) >= 11 is 0. The van der Waals surface area contributed by atoms with E-state index >= 15 is 0 Å². The quantitative estimate of drug-likeness (QED) is 0.234. The van der Waals surface area contributed by atoms with Gasteiger partial charge in [-0.25, -0.2) is 4.98 Å². The molecule has 196 valence electrons.